The van der Waals surface area contributed by atoms with E-state index in [1.54, 1.807) is 53.8 Å². The monoisotopic (exact) mass is 462 g/mol. The van der Waals surface area contributed by atoms with E-state index in [4.69, 9.17) is 0 Å². The van der Waals surface area contributed by atoms with Crippen LogP contribution in [0.4, 0.5) is 4.39 Å². The Hall–Kier alpha value is -3.85. The van der Waals surface area contributed by atoms with Crippen molar-refractivity contribution in [3.05, 3.63) is 95.8 Å². The zero-order valence-electron chi connectivity index (χ0n) is 17.6. The number of hydrogen-bond donors (Lipinski definition) is 0. The van der Waals surface area contributed by atoms with E-state index in [1.165, 1.54) is 22.9 Å². The molecule has 0 unspecified atom stereocenters. The average Bonchev–Trinajstić information content (AvgIpc) is 3.38. The lowest BCUT2D eigenvalue weighted by Crippen LogP contribution is -2.26. The molecule has 1 aliphatic rings. The fourth-order valence-electron chi connectivity index (χ4n) is 3.93. The number of fused-ring (bicyclic) bond motifs is 1. The Kier molecular flexibility index (Phi) is 5.05. The van der Waals surface area contributed by atoms with Crippen LogP contribution in [0, 0.1) is 5.82 Å². The number of hydrogen-bond acceptors (Lipinski definition) is 5. The summed E-state index contributed by atoms with van der Waals surface area (Å²) in [6, 6.07) is 14.5. The van der Waals surface area contributed by atoms with Gasteiger partial charge in [0.25, 0.3) is 5.91 Å². The third-order valence-electron chi connectivity index (χ3n) is 5.59. The van der Waals surface area contributed by atoms with Gasteiger partial charge in [-0.2, -0.15) is 5.10 Å². The van der Waals surface area contributed by atoms with E-state index in [0.717, 1.165) is 11.8 Å². The van der Waals surface area contributed by atoms with Crippen molar-refractivity contribution < 1.29 is 17.6 Å². The summed E-state index contributed by atoms with van der Waals surface area (Å²) in [5.74, 6) is -0.694. The smallest absolute Gasteiger partial charge is 0.255 e. The first-order valence-corrected chi connectivity index (χ1v) is 12.1. The van der Waals surface area contributed by atoms with Crippen molar-refractivity contribution >= 4 is 15.7 Å². The van der Waals surface area contributed by atoms with E-state index in [0.29, 0.717) is 22.5 Å². The van der Waals surface area contributed by atoms with Crippen LogP contribution in [0.15, 0.2) is 78.1 Å². The van der Waals surface area contributed by atoms with Gasteiger partial charge in [-0.15, -0.1) is 0 Å². The minimum absolute atomic E-state index is 0.0696. The van der Waals surface area contributed by atoms with E-state index in [9.17, 15) is 17.6 Å². The number of amides is 1. The number of aromatic nitrogens is 3. The fourth-order valence-corrected chi connectivity index (χ4v) is 4.58. The Bertz CT molecular complexity index is 1460. The first-order valence-electron chi connectivity index (χ1n) is 10.2. The van der Waals surface area contributed by atoms with E-state index >= 15 is 0 Å². The van der Waals surface area contributed by atoms with Gasteiger partial charge in [-0.25, -0.2) is 17.5 Å². The van der Waals surface area contributed by atoms with Gasteiger partial charge >= 0.3 is 0 Å². The zero-order valence-corrected chi connectivity index (χ0v) is 18.5. The second-order valence-electron chi connectivity index (χ2n) is 7.88. The number of para-hydroxylation sites is 1. The zero-order chi connectivity index (χ0) is 23.2. The lowest BCUT2D eigenvalue weighted by atomic mass is 10.00. The number of nitrogens with zero attached hydrogens (tertiary/aromatic N) is 4. The molecule has 0 bridgehead atoms. The van der Waals surface area contributed by atoms with E-state index in [1.807, 2.05) is 6.07 Å². The molecule has 0 saturated carbocycles. The fraction of sp³-hybridized carbons (Fsp3) is 0.125. The number of carbonyl (C=O) groups excluding carboxylic acids is 1. The van der Waals surface area contributed by atoms with Crippen molar-refractivity contribution in [2.75, 3.05) is 6.26 Å². The molecule has 0 N–H and O–H groups in total. The van der Waals surface area contributed by atoms with E-state index in [-0.39, 0.29) is 35.3 Å². The second-order valence-corrected chi connectivity index (χ2v) is 9.90. The topological polar surface area (TPSA) is 85.2 Å². The highest BCUT2D eigenvalue weighted by Crippen LogP contribution is 2.30. The SMILES string of the molecule is CS(=O)(=O)c1ccc(-c2cccnc2)c(C(=O)N2Cc3cn(-c4ccccc4F)nc3C2)c1. The molecule has 9 heteroatoms. The molecule has 0 atom stereocenters. The van der Waals surface area contributed by atoms with Gasteiger partial charge < -0.3 is 4.90 Å². The quantitative estimate of drug-likeness (QED) is 0.462. The molecule has 0 spiro atoms. The first kappa shape index (κ1) is 21.0. The maximum Gasteiger partial charge on any atom is 0.255 e. The van der Waals surface area contributed by atoms with Crippen LogP contribution in [0.1, 0.15) is 21.6 Å². The molecule has 4 aromatic rings. The molecule has 0 radical (unpaired) electrons. The molecule has 7 nitrogen and oxygen atoms in total. The van der Waals surface area contributed by atoms with Gasteiger partial charge in [-0.3, -0.25) is 9.78 Å². The van der Waals surface area contributed by atoms with Gasteiger partial charge in [0.15, 0.2) is 9.84 Å². The molecule has 0 saturated heterocycles. The highest BCUT2D eigenvalue weighted by Gasteiger charge is 2.30. The minimum Gasteiger partial charge on any atom is -0.328 e. The normalized spacial score (nSPS) is 13.2. The van der Waals surface area contributed by atoms with Gasteiger partial charge in [0.1, 0.15) is 11.5 Å². The Balaban J connectivity index is 1.49. The van der Waals surface area contributed by atoms with Crippen molar-refractivity contribution in [1.29, 1.82) is 0 Å². The number of halogens is 1. The highest BCUT2D eigenvalue weighted by atomic mass is 32.2. The molecule has 1 amide bonds. The number of rotatable bonds is 4. The molecule has 3 heterocycles. The van der Waals surface area contributed by atoms with Crippen LogP contribution in [-0.4, -0.2) is 40.2 Å². The summed E-state index contributed by atoms with van der Waals surface area (Å²) in [4.78, 5) is 19.3. The summed E-state index contributed by atoms with van der Waals surface area (Å²) in [6.45, 7) is 0.531. The first-order chi connectivity index (χ1) is 15.8. The van der Waals surface area contributed by atoms with Crippen molar-refractivity contribution in [2.45, 2.75) is 18.0 Å². The number of benzene rings is 2. The highest BCUT2D eigenvalue weighted by molar-refractivity contribution is 7.90. The van der Waals surface area contributed by atoms with Gasteiger partial charge in [-0.05, 0) is 35.9 Å². The molecular weight excluding hydrogens is 443 g/mol. The van der Waals surface area contributed by atoms with Gasteiger partial charge in [0.2, 0.25) is 0 Å². The lowest BCUT2D eigenvalue weighted by molar-refractivity contribution is 0.0749. The largest absolute Gasteiger partial charge is 0.328 e. The van der Waals surface area contributed by atoms with E-state index < -0.39 is 9.84 Å². The van der Waals surface area contributed by atoms with Crippen molar-refractivity contribution in [3.8, 4) is 16.8 Å². The molecule has 5 rings (SSSR count). The van der Waals surface area contributed by atoms with Gasteiger partial charge in [0.05, 0.1) is 17.1 Å². The van der Waals surface area contributed by atoms with Crippen molar-refractivity contribution in [1.82, 2.24) is 19.7 Å². The summed E-state index contributed by atoms with van der Waals surface area (Å²) in [6.07, 6.45) is 6.08. The summed E-state index contributed by atoms with van der Waals surface area (Å²) in [5, 5.41) is 4.46. The second kappa shape index (κ2) is 7.93. The summed E-state index contributed by atoms with van der Waals surface area (Å²) in [7, 11) is -3.50. The predicted molar refractivity (Wildman–Crippen MR) is 120 cm³/mol. The van der Waals surface area contributed by atoms with Crippen LogP contribution in [0.2, 0.25) is 0 Å². The van der Waals surface area contributed by atoms with Crippen LogP contribution in [0.5, 0.6) is 0 Å². The van der Waals surface area contributed by atoms with Crippen LogP contribution in [0.3, 0.4) is 0 Å². The molecule has 0 aliphatic carbocycles. The maximum atomic E-state index is 14.1. The predicted octanol–water partition coefficient (Wildman–Crippen LogP) is 3.63. The van der Waals surface area contributed by atoms with Crippen LogP contribution < -0.4 is 0 Å². The Morgan fingerprint density at radius 2 is 1.88 bits per heavy atom. The minimum atomic E-state index is -3.50. The standard InChI is InChI=1S/C24H19FN4O3S/c1-33(31,32)18-8-9-19(16-5-4-10-26-12-16)20(11-18)24(30)28-13-17-14-29(27-22(17)15-28)23-7-3-2-6-21(23)25/h2-12,14H,13,15H2,1H3. The number of sulfone groups is 1. The summed E-state index contributed by atoms with van der Waals surface area (Å²) in [5.41, 5.74) is 3.41. The molecule has 33 heavy (non-hydrogen) atoms. The molecule has 0 fully saturated rings. The molecular formula is C24H19FN4O3S. The molecule has 2 aromatic carbocycles. The third-order valence-corrected chi connectivity index (χ3v) is 6.70. The van der Waals surface area contributed by atoms with Crippen molar-refractivity contribution in [3.63, 3.8) is 0 Å². The summed E-state index contributed by atoms with van der Waals surface area (Å²) >= 11 is 0. The third kappa shape index (κ3) is 3.91. The molecule has 2 aromatic heterocycles. The van der Waals surface area contributed by atoms with Crippen molar-refractivity contribution in [2.24, 2.45) is 0 Å². The van der Waals surface area contributed by atoms with Crippen LogP contribution in [-0.2, 0) is 22.9 Å². The number of pyridine rings is 1. The summed E-state index contributed by atoms with van der Waals surface area (Å²) < 4.78 is 39.9. The number of carbonyl (C=O) groups is 1. The van der Waals surface area contributed by atoms with Gasteiger partial charge in [0, 0.05) is 48.1 Å². The van der Waals surface area contributed by atoms with Gasteiger partial charge in [-0.1, -0.05) is 24.3 Å². The van der Waals surface area contributed by atoms with Crippen LogP contribution in [0.25, 0.3) is 16.8 Å². The average molecular weight is 463 g/mol. The maximum absolute atomic E-state index is 14.1. The molecule has 1 aliphatic heterocycles. The Morgan fingerprint density at radius 1 is 1.06 bits per heavy atom. The Morgan fingerprint density at radius 3 is 2.58 bits per heavy atom. The lowest BCUT2D eigenvalue weighted by Gasteiger charge is -2.19. The molecule has 166 valence electrons. The Labute approximate surface area is 190 Å². The van der Waals surface area contributed by atoms with Crippen LogP contribution >= 0.6 is 0 Å². The van der Waals surface area contributed by atoms with E-state index in [2.05, 4.69) is 10.1 Å².